The van der Waals surface area contributed by atoms with Crippen molar-refractivity contribution in [2.45, 2.75) is 60.2 Å². The molecule has 34 heavy (non-hydrogen) atoms. The molecule has 2 heterocycles. The summed E-state index contributed by atoms with van der Waals surface area (Å²) in [7, 11) is 2.22. The Balaban J connectivity index is 1.77. The van der Waals surface area contributed by atoms with Crippen LogP contribution in [-0.2, 0) is 19.5 Å². The Labute approximate surface area is 206 Å². The van der Waals surface area contributed by atoms with Crippen LogP contribution in [0.15, 0.2) is 48.5 Å². The van der Waals surface area contributed by atoms with Gasteiger partial charge in [0.1, 0.15) is 5.82 Å². The molecule has 3 aromatic rings. The van der Waals surface area contributed by atoms with Gasteiger partial charge in [-0.3, -0.25) is 4.90 Å². The smallest absolute Gasteiger partial charge is 0.137 e. The van der Waals surface area contributed by atoms with Gasteiger partial charge in [-0.15, -0.1) is 0 Å². The highest BCUT2D eigenvalue weighted by Gasteiger charge is 2.27. The van der Waals surface area contributed by atoms with E-state index in [2.05, 4.69) is 110 Å². The van der Waals surface area contributed by atoms with Crippen molar-refractivity contribution in [1.29, 1.82) is 0 Å². The van der Waals surface area contributed by atoms with Gasteiger partial charge in [0.25, 0.3) is 0 Å². The molecule has 0 amide bonds. The van der Waals surface area contributed by atoms with Crippen molar-refractivity contribution in [2.75, 3.05) is 38.1 Å². The molecular weight excluding hydrogens is 418 g/mol. The second kappa shape index (κ2) is 10.7. The molecule has 2 aromatic carbocycles. The van der Waals surface area contributed by atoms with Crippen molar-refractivity contribution in [1.82, 2.24) is 19.6 Å². The molecule has 5 nitrogen and oxygen atoms in total. The van der Waals surface area contributed by atoms with Crippen LogP contribution < -0.4 is 4.90 Å². The van der Waals surface area contributed by atoms with Crippen molar-refractivity contribution in [2.24, 2.45) is 0 Å². The maximum Gasteiger partial charge on any atom is 0.137 e. The molecule has 182 valence electrons. The van der Waals surface area contributed by atoms with Crippen LogP contribution in [0.25, 0.3) is 5.69 Å². The molecule has 0 saturated carbocycles. The van der Waals surface area contributed by atoms with Crippen molar-refractivity contribution < 1.29 is 0 Å². The number of anilines is 1. The summed E-state index contributed by atoms with van der Waals surface area (Å²) >= 11 is 0. The lowest BCUT2D eigenvalue weighted by Gasteiger charge is -2.35. The zero-order valence-electron chi connectivity index (χ0n) is 21.9. The molecule has 5 heteroatoms. The lowest BCUT2D eigenvalue weighted by Crippen LogP contribution is -2.45. The van der Waals surface area contributed by atoms with E-state index in [1.54, 1.807) is 0 Å². The van der Waals surface area contributed by atoms with Crippen LogP contribution in [-0.4, -0.2) is 58.8 Å². The first-order valence-electron chi connectivity index (χ1n) is 12.8. The predicted octanol–water partition coefficient (Wildman–Crippen LogP) is 5.21. The molecule has 0 radical (unpaired) electrons. The number of nitrogens with zero attached hydrogens (tertiary/aromatic N) is 5. The van der Waals surface area contributed by atoms with Gasteiger partial charge in [-0.05, 0) is 70.0 Å². The van der Waals surface area contributed by atoms with Crippen molar-refractivity contribution in [3.8, 4) is 5.69 Å². The first-order valence-corrected chi connectivity index (χ1v) is 12.8. The highest BCUT2D eigenvalue weighted by atomic mass is 15.4. The summed E-state index contributed by atoms with van der Waals surface area (Å²) in [4.78, 5) is 7.58. The molecule has 1 aliphatic heterocycles. The summed E-state index contributed by atoms with van der Waals surface area (Å²) in [5.41, 5.74) is 7.78. The van der Waals surface area contributed by atoms with Crippen LogP contribution in [0.4, 0.5) is 5.82 Å². The molecule has 4 rings (SSSR count). The number of aromatic nitrogens is 2. The highest BCUT2D eigenvalue weighted by Crippen LogP contribution is 2.31. The zero-order chi connectivity index (χ0) is 24.2. The van der Waals surface area contributed by atoms with Crippen LogP contribution in [0.5, 0.6) is 0 Å². The maximum absolute atomic E-state index is 5.21. The molecule has 0 spiro atoms. The van der Waals surface area contributed by atoms with E-state index >= 15 is 0 Å². The largest absolute Gasteiger partial charge is 0.354 e. The normalized spacial score (nSPS) is 15.0. The molecule has 0 aliphatic carbocycles. The van der Waals surface area contributed by atoms with Gasteiger partial charge in [0, 0.05) is 50.9 Å². The second-order valence-corrected chi connectivity index (χ2v) is 10.1. The summed E-state index contributed by atoms with van der Waals surface area (Å²) in [5, 5.41) is 5.21. The fraction of sp³-hybridized carbons (Fsp3) is 0.483. The van der Waals surface area contributed by atoms with Gasteiger partial charge in [0.15, 0.2) is 0 Å². The van der Waals surface area contributed by atoms with Crippen LogP contribution >= 0.6 is 0 Å². The molecule has 1 aliphatic rings. The number of aryl methyl sites for hydroxylation is 3. The average Bonchev–Trinajstić information content (AvgIpc) is 3.18. The Morgan fingerprint density at radius 2 is 1.68 bits per heavy atom. The molecule has 1 fully saturated rings. The summed E-state index contributed by atoms with van der Waals surface area (Å²) < 4.78 is 2.22. The van der Waals surface area contributed by atoms with E-state index in [-0.39, 0.29) is 0 Å². The van der Waals surface area contributed by atoms with Crippen LogP contribution in [0, 0.1) is 13.8 Å². The summed E-state index contributed by atoms with van der Waals surface area (Å²) in [6, 6.07) is 18.0. The molecule has 0 unspecified atom stereocenters. The van der Waals surface area contributed by atoms with Gasteiger partial charge in [-0.1, -0.05) is 43.3 Å². The van der Waals surface area contributed by atoms with Crippen LogP contribution in [0.1, 0.15) is 48.7 Å². The molecule has 1 saturated heterocycles. The summed E-state index contributed by atoms with van der Waals surface area (Å²) in [6.07, 6.45) is 0.936. The fourth-order valence-corrected chi connectivity index (χ4v) is 4.84. The number of hydrogen-bond acceptors (Lipinski definition) is 4. The van der Waals surface area contributed by atoms with Gasteiger partial charge in [-0.25, -0.2) is 4.68 Å². The summed E-state index contributed by atoms with van der Waals surface area (Å²) in [5.74, 6) is 1.28. The third-order valence-electron chi connectivity index (χ3n) is 7.15. The van der Waals surface area contributed by atoms with Crippen molar-refractivity contribution >= 4 is 5.82 Å². The Bertz CT molecular complexity index is 1090. The van der Waals surface area contributed by atoms with Crippen LogP contribution in [0.2, 0.25) is 0 Å². The second-order valence-electron chi connectivity index (χ2n) is 10.1. The Morgan fingerprint density at radius 3 is 2.32 bits per heavy atom. The van der Waals surface area contributed by atoms with Gasteiger partial charge < -0.3 is 9.80 Å². The van der Waals surface area contributed by atoms with E-state index in [4.69, 9.17) is 5.10 Å². The van der Waals surface area contributed by atoms with E-state index in [1.165, 1.54) is 33.8 Å². The first-order chi connectivity index (χ1) is 16.4. The van der Waals surface area contributed by atoms with Crippen molar-refractivity contribution in [3.05, 3.63) is 76.5 Å². The summed E-state index contributed by atoms with van der Waals surface area (Å²) in [6.45, 7) is 17.3. The number of hydrogen-bond donors (Lipinski definition) is 0. The minimum atomic E-state index is 0.437. The third kappa shape index (κ3) is 5.37. The lowest BCUT2D eigenvalue weighted by molar-refractivity contribution is 0.202. The van der Waals surface area contributed by atoms with Gasteiger partial charge in [0.2, 0.25) is 0 Å². The fourth-order valence-electron chi connectivity index (χ4n) is 4.84. The van der Waals surface area contributed by atoms with E-state index in [0.29, 0.717) is 6.04 Å². The van der Waals surface area contributed by atoms with E-state index in [9.17, 15) is 0 Å². The molecule has 1 aromatic heterocycles. The van der Waals surface area contributed by atoms with Gasteiger partial charge in [-0.2, -0.15) is 5.10 Å². The van der Waals surface area contributed by atoms with E-state index in [0.717, 1.165) is 51.4 Å². The van der Waals surface area contributed by atoms with Crippen molar-refractivity contribution in [3.63, 3.8) is 0 Å². The maximum atomic E-state index is 5.21. The lowest BCUT2D eigenvalue weighted by atomic mass is 10.1. The zero-order valence-corrected chi connectivity index (χ0v) is 21.9. The SMILES string of the molecule is CCc1nn(-c2cccc(C)c2)c(N2CCN(C)CC2)c1CN(Cc1ccccc1C)C(C)C. The standard InChI is InChI=1S/C29H41N5/c1-7-28-27(21-33(22(2)3)20-25-13-9-8-12-24(25)5)29(32-17-15-31(6)16-18-32)34(30-28)26-14-10-11-23(4)19-26/h8-14,19,22H,7,15-18,20-21H2,1-6H3. The minimum absolute atomic E-state index is 0.437. The Morgan fingerprint density at radius 1 is 0.941 bits per heavy atom. The topological polar surface area (TPSA) is 27.5 Å². The number of rotatable bonds is 8. The number of piperazine rings is 1. The van der Waals surface area contributed by atoms with Crippen LogP contribution in [0.3, 0.4) is 0 Å². The average molecular weight is 460 g/mol. The Kier molecular flexibility index (Phi) is 7.74. The Hall–Kier alpha value is -2.63. The molecular formula is C29H41N5. The molecule has 0 N–H and O–H groups in total. The molecule has 0 bridgehead atoms. The van der Waals surface area contributed by atoms with E-state index in [1.807, 2.05) is 0 Å². The monoisotopic (exact) mass is 459 g/mol. The minimum Gasteiger partial charge on any atom is -0.354 e. The van der Waals surface area contributed by atoms with E-state index < -0.39 is 0 Å². The van der Waals surface area contributed by atoms with Gasteiger partial charge >= 0.3 is 0 Å². The quantitative estimate of drug-likeness (QED) is 0.462. The number of benzene rings is 2. The number of likely N-dealkylation sites (N-methyl/N-ethyl adjacent to an activating group) is 1. The van der Waals surface area contributed by atoms with Gasteiger partial charge in [0.05, 0.1) is 11.4 Å². The first kappa shape index (κ1) is 24.5. The third-order valence-corrected chi connectivity index (χ3v) is 7.15. The molecule has 0 atom stereocenters. The predicted molar refractivity (Wildman–Crippen MR) is 143 cm³/mol. The highest BCUT2D eigenvalue weighted by molar-refractivity contribution is 5.56.